The summed E-state index contributed by atoms with van der Waals surface area (Å²) >= 11 is 1.46. The highest BCUT2D eigenvalue weighted by atomic mass is 32.1. The Balaban J connectivity index is 1.53. The number of amides is 1. The fraction of sp³-hybridized carbons (Fsp3) is 0.0909. The summed E-state index contributed by atoms with van der Waals surface area (Å²) in [6, 6.07) is 17.7. The third-order valence-corrected chi connectivity index (χ3v) is 5.28. The third kappa shape index (κ3) is 3.54. The van der Waals surface area contributed by atoms with E-state index in [0.29, 0.717) is 16.6 Å². The van der Waals surface area contributed by atoms with Crippen LogP contribution in [-0.2, 0) is 4.79 Å². The summed E-state index contributed by atoms with van der Waals surface area (Å²) in [4.78, 5) is 16.9. The van der Waals surface area contributed by atoms with E-state index >= 15 is 0 Å². The molecule has 140 valence electrons. The second kappa shape index (κ2) is 7.70. The van der Waals surface area contributed by atoms with Crippen molar-refractivity contribution < 1.29 is 14.3 Å². The van der Waals surface area contributed by atoms with E-state index in [9.17, 15) is 4.79 Å². The van der Waals surface area contributed by atoms with Crippen LogP contribution >= 0.6 is 11.3 Å². The number of benzene rings is 3. The van der Waals surface area contributed by atoms with Crippen molar-refractivity contribution in [2.45, 2.75) is 0 Å². The standard InChI is InChI=1S/C22H18N2O3S/c1-26-17-10-7-14(13-18(17)27-2)8-12-20(25)23-22-24-21-16-6-4-3-5-15(16)9-11-19(21)28-22/h3-13H,1-2H3,(H,23,24,25)/b12-8+. The summed E-state index contributed by atoms with van der Waals surface area (Å²) in [6.07, 6.45) is 3.20. The molecule has 0 bridgehead atoms. The number of nitrogens with one attached hydrogen (secondary N) is 1. The Morgan fingerprint density at radius 3 is 2.68 bits per heavy atom. The number of anilines is 1. The van der Waals surface area contributed by atoms with Crippen molar-refractivity contribution in [2.24, 2.45) is 0 Å². The van der Waals surface area contributed by atoms with Gasteiger partial charge < -0.3 is 9.47 Å². The zero-order valence-electron chi connectivity index (χ0n) is 15.4. The van der Waals surface area contributed by atoms with E-state index in [4.69, 9.17) is 9.47 Å². The van der Waals surface area contributed by atoms with Gasteiger partial charge in [-0.1, -0.05) is 47.7 Å². The van der Waals surface area contributed by atoms with Gasteiger partial charge in [0.05, 0.1) is 24.4 Å². The lowest BCUT2D eigenvalue weighted by Gasteiger charge is -2.07. The van der Waals surface area contributed by atoms with E-state index in [1.165, 1.54) is 17.4 Å². The average Bonchev–Trinajstić information content (AvgIpc) is 3.14. The summed E-state index contributed by atoms with van der Waals surface area (Å²) in [5.41, 5.74) is 1.74. The highest BCUT2D eigenvalue weighted by Crippen LogP contribution is 2.32. The molecule has 0 saturated carbocycles. The van der Waals surface area contributed by atoms with Gasteiger partial charge in [-0.15, -0.1) is 0 Å². The van der Waals surface area contributed by atoms with E-state index in [0.717, 1.165) is 26.6 Å². The molecule has 1 amide bonds. The monoisotopic (exact) mass is 390 g/mol. The van der Waals surface area contributed by atoms with Gasteiger partial charge in [0.2, 0.25) is 5.91 Å². The van der Waals surface area contributed by atoms with Crippen LogP contribution in [0.5, 0.6) is 11.5 Å². The SMILES string of the molecule is COc1ccc(/C=C/C(=O)Nc2nc3c(ccc4ccccc43)s2)cc1OC. The lowest BCUT2D eigenvalue weighted by Crippen LogP contribution is -2.07. The van der Waals surface area contributed by atoms with Crippen LogP contribution in [0.2, 0.25) is 0 Å². The highest BCUT2D eigenvalue weighted by Gasteiger charge is 2.09. The predicted molar refractivity (Wildman–Crippen MR) is 114 cm³/mol. The van der Waals surface area contributed by atoms with Gasteiger partial charge >= 0.3 is 0 Å². The maximum Gasteiger partial charge on any atom is 0.250 e. The normalized spacial score (nSPS) is 11.2. The number of hydrogen-bond acceptors (Lipinski definition) is 5. The summed E-state index contributed by atoms with van der Waals surface area (Å²) in [5, 5.41) is 5.63. The molecule has 28 heavy (non-hydrogen) atoms. The maximum atomic E-state index is 12.3. The van der Waals surface area contributed by atoms with Gasteiger partial charge in [-0.3, -0.25) is 10.1 Å². The van der Waals surface area contributed by atoms with Crippen molar-refractivity contribution in [3.05, 3.63) is 66.2 Å². The summed E-state index contributed by atoms with van der Waals surface area (Å²) < 4.78 is 11.5. The van der Waals surface area contributed by atoms with Gasteiger partial charge in [0.1, 0.15) is 0 Å². The zero-order chi connectivity index (χ0) is 19.5. The topological polar surface area (TPSA) is 60.5 Å². The van der Waals surface area contributed by atoms with Crippen LogP contribution in [-0.4, -0.2) is 25.1 Å². The van der Waals surface area contributed by atoms with Gasteiger partial charge in [0.25, 0.3) is 0 Å². The minimum Gasteiger partial charge on any atom is -0.493 e. The number of methoxy groups -OCH3 is 2. The third-order valence-electron chi connectivity index (χ3n) is 4.35. The number of hydrogen-bond donors (Lipinski definition) is 1. The first kappa shape index (κ1) is 18.0. The predicted octanol–water partition coefficient (Wildman–Crippen LogP) is 5.12. The molecule has 4 aromatic rings. The first-order chi connectivity index (χ1) is 13.7. The average molecular weight is 390 g/mol. The van der Waals surface area contributed by atoms with Crippen molar-refractivity contribution in [1.82, 2.24) is 4.98 Å². The molecule has 1 heterocycles. The Labute approximate surface area is 166 Å². The summed E-state index contributed by atoms with van der Waals surface area (Å²) in [5.74, 6) is 1.02. The Hall–Kier alpha value is -3.38. The van der Waals surface area contributed by atoms with Crippen LogP contribution in [0.3, 0.4) is 0 Å². The minimum atomic E-state index is -0.238. The molecule has 0 spiro atoms. The Bertz CT molecular complexity index is 1200. The fourth-order valence-corrected chi connectivity index (χ4v) is 3.88. The highest BCUT2D eigenvalue weighted by molar-refractivity contribution is 7.22. The minimum absolute atomic E-state index is 0.238. The Morgan fingerprint density at radius 1 is 1.04 bits per heavy atom. The second-order valence-electron chi connectivity index (χ2n) is 6.09. The van der Waals surface area contributed by atoms with E-state index in [-0.39, 0.29) is 5.91 Å². The molecule has 0 aliphatic rings. The zero-order valence-corrected chi connectivity index (χ0v) is 16.2. The number of aromatic nitrogens is 1. The molecule has 4 rings (SSSR count). The first-order valence-corrected chi connectivity index (χ1v) is 9.49. The number of ether oxygens (including phenoxy) is 2. The molecular formula is C22H18N2O3S. The van der Waals surface area contributed by atoms with Gasteiger partial charge in [0.15, 0.2) is 16.6 Å². The van der Waals surface area contributed by atoms with Gasteiger partial charge in [0, 0.05) is 11.5 Å². The van der Waals surface area contributed by atoms with E-state index in [2.05, 4.69) is 22.4 Å². The first-order valence-electron chi connectivity index (χ1n) is 8.67. The molecule has 0 radical (unpaired) electrons. The molecule has 0 fully saturated rings. The van der Waals surface area contributed by atoms with Crippen LogP contribution in [0.15, 0.2) is 60.7 Å². The number of rotatable bonds is 5. The van der Waals surface area contributed by atoms with Crippen LogP contribution in [0.25, 0.3) is 27.1 Å². The van der Waals surface area contributed by atoms with Crippen LogP contribution in [0.1, 0.15) is 5.56 Å². The molecule has 0 saturated heterocycles. The molecule has 5 nitrogen and oxygen atoms in total. The largest absolute Gasteiger partial charge is 0.493 e. The van der Waals surface area contributed by atoms with Crippen LogP contribution in [0, 0.1) is 0 Å². The van der Waals surface area contributed by atoms with Crippen molar-refractivity contribution in [2.75, 3.05) is 19.5 Å². The van der Waals surface area contributed by atoms with Crippen molar-refractivity contribution >= 4 is 49.4 Å². The van der Waals surface area contributed by atoms with Crippen molar-refractivity contribution in [3.8, 4) is 11.5 Å². The second-order valence-corrected chi connectivity index (χ2v) is 7.12. The number of thiazole rings is 1. The number of carbonyl (C=O) groups excluding carboxylic acids is 1. The summed E-state index contributed by atoms with van der Waals surface area (Å²) in [7, 11) is 3.16. The summed E-state index contributed by atoms with van der Waals surface area (Å²) in [6.45, 7) is 0. The van der Waals surface area contributed by atoms with Crippen LogP contribution < -0.4 is 14.8 Å². The lowest BCUT2D eigenvalue weighted by atomic mass is 10.1. The fourth-order valence-electron chi connectivity index (χ4n) is 2.99. The maximum absolute atomic E-state index is 12.3. The Kier molecular flexibility index (Phi) is 4.95. The smallest absolute Gasteiger partial charge is 0.250 e. The van der Waals surface area contributed by atoms with Crippen LogP contribution in [0.4, 0.5) is 5.13 Å². The molecule has 1 aromatic heterocycles. The van der Waals surface area contributed by atoms with Gasteiger partial charge in [-0.2, -0.15) is 0 Å². The van der Waals surface area contributed by atoms with Crippen molar-refractivity contribution in [1.29, 1.82) is 0 Å². The number of fused-ring (bicyclic) bond motifs is 3. The van der Waals surface area contributed by atoms with E-state index < -0.39 is 0 Å². The Morgan fingerprint density at radius 2 is 1.86 bits per heavy atom. The lowest BCUT2D eigenvalue weighted by molar-refractivity contribution is -0.111. The molecule has 0 unspecified atom stereocenters. The van der Waals surface area contributed by atoms with Gasteiger partial charge in [-0.05, 0) is 35.2 Å². The quantitative estimate of drug-likeness (QED) is 0.481. The molecule has 3 aromatic carbocycles. The number of nitrogens with zero attached hydrogens (tertiary/aromatic N) is 1. The van der Waals surface area contributed by atoms with E-state index in [1.54, 1.807) is 26.4 Å². The molecule has 0 atom stereocenters. The molecule has 6 heteroatoms. The molecule has 0 aliphatic heterocycles. The van der Waals surface area contributed by atoms with E-state index in [1.807, 2.05) is 36.4 Å². The molecule has 0 aliphatic carbocycles. The van der Waals surface area contributed by atoms with Crippen molar-refractivity contribution in [3.63, 3.8) is 0 Å². The van der Waals surface area contributed by atoms with Gasteiger partial charge in [-0.25, -0.2) is 4.98 Å². The number of carbonyl (C=O) groups is 1. The molecule has 1 N–H and O–H groups in total. The molecular weight excluding hydrogens is 372 g/mol.